The molecule has 3 N–H and O–H groups in total. The van der Waals surface area contributed by atoms with Crippen LogP contribution in [0.4, 0.5) is 0 Å². The van der Waals surface area contributed by atoms with Crippen LogP contribution in [0.15, 0.2) is 24.3 Å². The zero-order chi connectivity index (χ0) is 35.2. The molecule has 0 rings (SSSR count). The number of allylic oxidation sites excluding steroid dienone is 4. The van der Waals surface area contributed by atoms with Crippen molar-refractivity contribution in [3.63, 3.8) is 0 Å². The molecule has 0 saturated carbocycles. The van der Waals surface area contributed by atoms with Crippen LogP contribution in [0.5, 0.6) is 0 Å². The number of nitrogens with one attached hydrogen (secondary N) is 1. The summed E-state index contributed by atoms with van der Waals surface area (Å²) in [6.45, 7) is 4.77. The molecule has 48 heavy (non-hydrogen) atoms. The van der Waals surface area contributed by atoms with Gasteiger partial charge in [-0.25, -0.2) is 0 Å². The van der Waals surface area contributed by atoms with Crippen LogP contribution in [0.25, 0.3) is 0 Å². The summed E-state index contributed by atoms with van der Waals surface area (Å²) in [7, 11) is 0. The molecule has 2 unspecified atom stereocenters. The molecule has 0 aliphatic heterocycles. The molecule has 0 aliphatic rings. The maximum Gasteiger partial charge on any atom is 0.305 e. The average Bonchev–Trinajstić information content (AvgIpc) is 3.08. The van der Waals surface area contributed by atoms with Gasteiger partial charge in [-0.3, -0.25) is 9.59 Å². The van der Waals surface area contributed by atoms with Gasteiger partial charge in [-0.1, -0.05) is 167 Å². The van der Waals surface area contributed by atoms with Crippen LogP contribution in [0.3, 0.4) is 0 Å². The third-order valence-corrected chi connectivity index (χ3v) is 9.23. The van der Waals surface area contributed by atoms with Crippen LogP contribution in [0.1, 0.15) is 206 Å². The van der Waals surface area contributed by atoms with Gasteiger partial charge in [0.05, 0.1) is 25.4 Å². The highest BCUT2D eigenvalue weighted by molar-refractivity contribution is 5.76. The second-order valence-corrected chi connectivity index (χ2v) is 14.0. The summed E-state index contributed by atoms with van der Waals surface area (Å²) in [4.78, 5) is 24.3. The third-order valence-electron chi connectivity index (χ3n) is 9.23. The van der Waals surface area contributed by atoms with E-state index < -0.39 is 12.1 Å². The smallest absolute Gasteiger partial charge is 0.305 e. The van der Waals surface area contributed by atoms with Crippen molar-refractivity contribution in [3.8, 4) is 0 Å². The second kappa shape index (κ2) is 38.1. The minimum Gasteiger partial charge on any atom is -0.466 e. The summed E-state index contributed by atoms with van der Waals surface area (Å²) in [6, 6.07) is -0.559. The van der Waals surface area contributed by atoms with Crippen LogP contribution in [0, 0.1) is 0 Å². The van der Waals surface area contributed by atoms with Crippen molar-refractivity contribution in [1.82, 2.24) is 5.32 Å². The summed E-state index contributed by atoms with van der Waals surface area (Å²) in [5.74, 6) is -0.110. The van der Waals surface area contributed by atoms with Crippen molar-refractivity contribution >= 4 is 11.9 Å². The zero-order valence-electron chi connectivity index (χ0n) is 31.7. The molecule has 0 aromatic heterocycles. The Morgan fingerprint density at radius 3 is 1.67 bits per heavy atom. The van der Waals surface area contributed by atoms with E-state index in [0.717, 1.165) is 70.6 Å². The summed E-state index contributed by atoms with van der Waals surface area (Å²) >= 11 is 0. The monoisotopic (exact) mass is 678 g/mol. The molecular weight excluding hydrogens is 598 g/mol. The lowest BCUT2D eigenvalue weighted by atomic mass is 10.0. The molecule has 0 aromatic rings. The molecule has 0 aliphatic carbocycles. The molecule has 282 valence electrons. The summed E-state index contributed by atoms with van der Waals surface area (Å²) in [6.07, 6.45) is 41.2. The first-order valence-electron chi connectivity index (χ1n) is 20.6. The number of hydrogen-bond acceptors (Lipinski definition) is 5. The van der Waals surface area contributed by atoms with E-state index in [-0.39, 0.29) is 18.5 Å². The molecule has 0 radical (unpaired) electrons. The molecule has 0 saturated heterocycles. The third kappa shape index (κ3) is 34.2. The fourth-order valence-electron chi connectivity index (χ4n) is 6.03. The van der Waals surface area contributed by atoms with Crippen molar-refractivity contribution in [2.45, 2.75) is 219 Å². The number of rotatable bonds is 37. The van der Waals surface area contributed by atoms with Gasteiger partial charge < -0.3 is 20.3 Å². The Labute approximate surface area is 297 Å². The number of hydrogen-bond donors (Lipinski definition) is 3. The van der Waals surface area contributed by atoms with Crippen LogP contribution < -0.4 is 5.32 Å². The molecule has 0 fully saturated rings. The van der Waals surface area contributed by atoms with E-state index in [1.807, 2.05) is 0 Å². The van der Waals surface area contributed by atoms with E-state index in [1.54, 1.807) is 0 Å². The number of esters is 1. The molecule has 2 atom stereocenters. The lowest BCUT2D eigenvalue weighted by Crippen LogP contribution is -2.45. The minimum absolute atomic E-state index is 0.0418. The van der Waals surface area contributed by atoms with Crippen LogP contribution >= 0.6 is 0 Å². The molecule has 6 heteroatoms. The molecule has 1 amide bonds. The number of aliphatic hydroxyl groups is 2. The van der Waals surface area contributed by atoms with Crippen molar-refractivity contribution in [3.05, 3.63) is 24.3 Å². The predicted molar refractivity (Wildman–Crippen MR) is 204 cm³/mol. The van der Waals surface area contributed by atoms with Gasteiger partial charge in [-0.2, -0.15) is 0 Å². The number of amides is 1. The number of aliphatic hydroxyl groups excluding tert-OH is 2. The van der Waals surface area contributed by atoms with E-state index in [9.17, 15) is 19.8 Å². The fourth-order valence-corrected chi connectivity index (χ4v) is 6.03. The molecule has 6 nitrogen and oxygen atoms in total. The highest BCUT2D eigenvalue weighted by atomic mass is 16.5. The van der Waals surface area contributed by atoms with E-state index >= 15 is 0 Å². The van der Waals surface area contributed by atoms with Gasteiger partial charge in [0, 0.05) is 12.8 Å². The maximum atomic E-state index is 12.3. The molecule has 0 aromatic carbocycles. The fraction of sp³-hybridized carbons (Fsp3) is 0.857. The standard InChI is InChI=1S/C42H79NO5/c1-3-5-7-9-11-13-14-15-16-20-24-28-32-36-42(47)48-37-33-29-25-21-17-19-23-27-31-35-41(46)43-39(38-44)40(45)34-30-26-22-18-12-10-8-6-4-2/h7,9,13-14,39-40,44-45H,3-6,8,10-12,15-38H2,1-2H3,(H,43,46)/b9-7-,14-13-. The summed E-state index contributed by atoms with van der Waals surface area (Å²) < 4.78 is 5.41. The van der Waals surface area contributed by atoms with Gasteiger partial charge in [0.15, 0.2) is 0 Å². The van der Waals surface area contributed by atoms with Gasteiger partial charge in [0.2, 0.25) is 5.91 Å². The predicted octanol–water partition coefficient (Wildman–Crippen LogP) is 11.2. The Kier molecular flexibility index (Phi) is 36.8. The van der Waals surface area contributed by atoms with E-state index in [0.29, 0.717) is 25.9 Å². The lowest BCUT2D eigenvalue weighted by molar-refractivity contribution is -0.143. The molecule has 0 spiro atoms. The van der Waals surface area contributed by atoms with Crippen molar-refractivity contribution < 1.29 is 24.5 Å². The Morgan fingerprint density at radius 2 is 1.08 bits per heavy atom. The van der Waals surface area contributed by atoms with Gasteiger partial charge in [-0.15, -0.1) is 0 Å². The number of carbonyl (C=O) groups is 2. The van der Waals surface area contributed by atoms with Crippen molar-refractivity contribution in [2.24, 2.45) is 0 Å². The second-order valence-electron chi connectivity index (χ2n) is 14.0. The topological polar surface area (TPSA) is 95.9 Å². The Bertz CT molecular complexity index is 752. The van der Waals surface area contributed by atoms with Gasteiger partial charge >= 0.3 is 5.97 Å². The first kappa shape index (κ1) is 46.3. The highest BCUT2D eigenvalue weighted by Crippen LogP contribution is 2.14. The van der Waals surface area contributed by atoms with E-state index in [4.69, 9.17) is 4.74 Å². The first-order valence-corrected chi connectivity index (χ1v) is 20.6. The first-order chi connectivity index (χ1) is 23.5. The number of carbonyl (C=O) groups excluding carboxylic acids is 2. The van der Waals surface area contributed by atoms with E-state index in [2.05, 4.69) is 43.5 Å². The van der Waals surface area contributed by atoms with Gasteiger partial charge in [0.1, 0.15) is 0 Å². The molecule has 0 bridgehead atoms. The SMILES string of the molecule is CCC/C=C\C/C=C\CCCCCCCC(=O)OCCCCCCCCCCCC(=O)NC(CO)C(O)CCCCCCCCCCC. The lowest BCUT2D eigenvalue weighted by Gasteiger charge is -2.22. The molecule has 0 heterocycles. The number of unbranched alkanes of at least 4 members (excludes halogenated alkanes) is 22. The largest absolute Gasteiger partial charge is 0.466 e. The minimum atomic E-state index is -0.679. The Morgan fingerprint density at radius 1 is 0.583 bits per heavy atom. The maximum absolute atomic E-state index is 12.3. The summed E-state index contributed by atoms with van der Waals surface area (Å²) in [5.41, 5.74) is 0. The highest BCUT2D eigenvalue weighted by Gasteiger charge is 2.20. The van der Waals surface area contributed by atoms with Crippen molar-refractivity contribution in [1.29, 1.82) is 0 Å². The summed E-state index contributed by atoms with van der Waals surface area (Å²) in [5, 5.41) is 23.0. The van der Waals surface area contributed by atoms with Crippen LogP contribution in [0.2, 0.25) is 0 Å². The normalized spacial score (nSPS) is 13.0. The van der Waals surface area contributed by atoms with Gasteiger partial charge in [-0.05, 0) is 51.4 Å². The van der Waals surface area contributed by atoms with Crippen LogP contribution in [-0.4, -0.2) is 47.4 Å². The average molecular weight is 678 g/mol. The number of ether oxygens (including phenoxy) is 1. The quantitative estimate of drug-likeness (QED) is 0.0345. The van der Waals surface area contributed by atoms with Gasteiger partial charge in [0.25, 0.3) is 0 Å². The zero-order valence-corrected chi connectivity index (χ0v) is 31.7. The molecular formula is C42H79NO5. The van der Waals surface area contributed by atoms with E-state index in [1.165, 1.54) is 103 Å². The Balaban J connectivity index is 3.51. The Hall–Kier alpha value is -1.66. The van der Waals surface area contributed by atoms with Crippen LogP contribution in [-0.2, 0) is 14.3 Å². The van der Waals surface area contributed by atoms with Crippen molar-refractivity contribution in [2.75, 3.05) is 13.2 Å².